The molecule has 9 heteroatoms. The Hall–Kier alpha value is -3.66. The first-order valence-electron chi connectivity index (χ1n) is 10.7. The molecule has 9 nitrogen and oxygen atoms in total. The van der Waals surface area contributed by atoms with Gasteiger partial charge in [0.25, 0.3) is 0 Å². The van der Waals surface area contributed by atoms with E-state index in [0.717, 1.165) is 28.3 Å². The van der Waals surface area contributed by atoms with Crippen molar-refractivity contribution in [2.75, 3.05) is 13.2 Å². The molecule has 3 atom stereocenters. The Morgan fingerprint density at radius 2 is 1.62 bits per heavy atom. The van der Waals surface area contributed by atoms with Gasteiger partial charge in [-0.2, -0.15) is 0 Å². The van der Waals surface area contributed by atoms with Gasteiger partial charge in [0, 0.05) is 12.5 Å². The Bertz CT molecular complexity index is 1160. The third-order valence-electron chi connectivity index (χ3n) is 5.98. The van der Waals surface area contributed by atoms with Crippen LogP contribution in [0.15, 0.2) is 59.0 Å². The number of ether oxygens (including phenoxy) is 1. The molecule has 0 saturated carbocycles. The van der Waals surface area contributed by atoms with Gasteiger partial charge in [0.15, 0.2) is 0 Å². The van der Waals surface area contributed by atoms with E-state index in [2.05, 4.69) is 5.32 Å². The van der Waals surface area contributed by atoms with E-state index in [4.69, 9.17) is 14.3 Å². The highest BCUT2D eigenvalue weighted by Gasteiger charge is 2.31. The van der Waals surface area contributed by atoms with Gasteiger partial charge < -0.3 is 34.9 Å². The molecule has 0 saturated heterocycles. The van der Waals surface area contributed by atoms with Crippen LogP contribution in [0.3, 0.4) is 0 Å². The molecule has 4 rings (SSSR count). The molecule has 0 aliphatic heterocycles. The van der Waals surface area contributed by atoms with Crippen LogP contribution in [0.5, 0.6) is 0 Å². The Morgan fingerprint density at radius 3 is 2.18 bits per heavy atom. The SMILES string of the molecule is Cc1oc([C@@H](O)[C@H](O)[C@H](O)CNC(=O)OCC2c3ccccc3-c3ccccc32)cc1C(=O)O. The van der Waals surface area contributed by atoms with E-state index in [1.807, 2.05) is 48.5 Å². The first-order valence-corrected chi connectivity index (χ1v) is 10.7. The van der Waals surface area contributed by atoms with E-state index in [9.17, 15) is 24.9 Å². The maximum atomic E-state index is 12.2. The Morgan fingerprint density at radius 1 is 1.03 bits per heavy atom. The summed E-state index contributed by atoms with van der Waals surface area (Å²) in [4.78, 5) is 23.4. The topological polar surface area (TPSA) is 149 Å². The lowest BCUT2D eigenvalue weighted by Crippen LogP contribution is -2.42. The van der Waals surface area contributed by atoms with Gasteiger partial charge >= 0.3 is 12.1 Å². The smallest absolute Gasteiger partial charge is 0.407 e. The van der Waals surface area contributed by atoms with Gasteiger partial charge in [0.05, 0.1) is 0 Å². The normalized spacial score (nSPS) is 15.2. The fourth-order valence-electron chi connectivity index (χ4n) is 4.20. The number of carbonyl (C=O) groups is 2. The van der Waals surface area contributed by atoms with Crippen molar-refractivity contribution < 1.29 is 39.2 Å². The van der Waals surface area contributed by atoms with Crippen LogP contribution >= 0.6 is 0 Å². The zero-order chi connectivity index (χ0) is 24.4. The highest BCUT2D eigenvalue weighted by molar-refractivity contribution is 5.88. The van der Waals surface area contributed by atoms with Crippen molar-refractivity contribution in [2.45, 2.75) is 31.2 Å². The number of alkyl carbamates (subject to hydrolysis) is 1. The molecule has 2 aromatic carbocycles. The molecule has 5 N–H and O–H groups in total. The molecule has 34 heavy (non-hydrogen) atoms. The number of benzene rings is 2. The molecule has 0 radical (unpaired) electrons. The van der Waals surface area contributed by atoms with Gasteiger partial charge in [-0.05, 0) is 35.2 Å². The van der Waals surface area contributed by atoms with Crippen LogP contribution in [-0.4, -0.2) is 57.8 Å². The molecule has 1 aliphatic rings. The number of hydrogen-bond acceptors (Lipinski definition) is 7. The predicted octanol–water partition coefficient (Wildman–Crippen LogP) is 2.58. The van der Waals surface area contributed by atoms with Crippen molar-refractivity contribution in [1.82, 2.24) is 5.32 Å². The van der Waals surface area contributed by atoms with Crippen molar-refractivity contribution in [1.29, 1.82) is 0 Å². The fraction of sp³-hybridized carbons (Fsp3) is 0.280. The zero-order valence-corrected chi connectivity index (χ0v) is 18.3. The maximum absolute atomic E-state index is 12.2. The summed E-state index contributed by atoms with van der Waals surface area (Å²) in [6, 6.07) is 16.9. The average Bonchev–Trinajstić information content (AvgIpc) is 3.38. The lowest BCUT2D eigenvalue weighted by atomic mass is 9.98. The van der Waals surface area contributed by atoms with Crippen molar-refractivity contribution in [3.63, 3.8) is 0 Å². The van der Waals surface area contributed by atoms with Crippen LogP contribution in [0.25, 0.3) is 11.1 Å². The molecule has 1 heterocycles. The van der Waals surface area contributed by atoms with E-state index in [1.54, 1.807) is 0 Å². The second-order valence-electron chi connectivity index (χ2n) is 8.13. The lowest BCUT2D eigenvalue weighted by Gasteiger charge is -2.22. The molecule has 3 aromatic rings. The van der Waals surface area contributed by atoms with Crippen LogP contribution in [0.2, 0.25) is 0 Å². The van der Waals surface area contributed by atoms with Gasteiger partial charge in [-0.15, -0.1) is 0 Å². The Labute approximate surface area is 195 Å². The van der Waals surface area contributed by atoms with Gasteiger partial charge in [-0.3, -0.25) is 0 Å². The number of hydrogen-bond donors (Lipinski definition) is 5. The minimum absolute atomic E-state index is 0.0556. The standard InChI is InChI=1S/C25H25NO8/c1-13-18(24(30)31)10-21(34-13)23(29)22(28)20(27)11-26-25(32)33-12-19-16-8-4-2-6-14(16)15-7-3-5-9-17(15)19/h2-10,19-20,22-23,27-29H,11-12H2,1H3,(H,26,32)(H,30,31)/t20-,22-,23-/m1/s1. The van der Waals surface area contributed by atoms with E-state index < -0.39 is 36.9 Å². The molecule has 0 unspecified atom stereocenters. The summed E-state index contributed by atoms with van der Waals surface area (Å²) in [6.45, 7) is 1.09. The molecule has 0 spiro atoms. The Kier molecular flexibility index (Phi) is 6.69. The second-order valence-corrected chi connectivity index (χ2v) is 8.13. The molecule has 0 fully saturated rings. The Balaban J connectivity index is 1.32. The van der Waals surface area contributed by atoms with Crippen molar-refractivity contribution >= 4 is 12.1 Å². The summed E-state index contributed by atoms with van der Waals surface area (Å²) in [5.41, 5.74) is 4.15. The monoisotopic (exact) mass is 467 g/mol. The fourth-order valence-corrected chi connectivity index (χ4v) is 4.20. The second kappa shape index (κ2) is 9.68. The van der Waals surface area contributed by atoms with E-state index in [0.29, 0.717) is 0 Å². The minimum atomic E-state index is -1.74. The first-order chi connectivity index (χ1) is 16.3. The number of aliphatic hydroxyl groups excluding tert-OH is 3. The third-order valence-corrected chi connectivity index (χ3v) is 5.98. The van der Waals surface area contributed by atoms with E-state index in [-0.39, 0.29) is 29.6 Å². The number of carboxylic acid groups (broad SMARTS) is 1. The van der Waals surface area contributed by atoms with Gasteiger partial charge in [0.2, 0.25) is 0 Å². The number of aryl methyl sites for hydroxylation is 1. The van der Waals surface area contributed by atoms with Crippen LogP contribution in [0, 0.1) is 6.92 Å². The summed E-state index contributed by atoms with van der Waals surface area (Å²) in [6.07, 6.45) is -5.77. The quantitative estimate of drug-likeness (QED) is 0.339. The number of furan rings is 1. The predicted molar refractivity (Wildman–Crippen MR) is 120 cm³/mol. The summed E-state index contributed by atoms with van der Waals surface area (Å²) in [5, 5.41) is 42.1. The number of nitrogens with one attached hydrogen (secondary N) is 1. The molecule has 178 valence electrons. The number of fused-ring (bicyclic) bond motifs is 3. The number of amides is 1. The average molecular weight is 467 g/mol. The minimum Gasteiger partial charge on any atom is -0.478 e. The van der Waals surface area contributed by atoms with Crippen molar-refractivity contribution in [2.24, 2.45) is 0 Å². The zero-order valence-electron chi connectivity index (χ0n) is 18.3. The molecule has 1 aliphatic carbocycles. The largest absolute Gasteiger partial charge is 0.478 e. The van der Waals surface area contributed by atoms with Gasteiger partial charge in [-0.1, -0.05) is 48.5 Å². The van der Waals surface area contributed by atoms with Crippen molar-refractivity contribution in [3.8, 4) is 11.1 Å². The van der Waals surface area contributed by atoms with Crippen LogP contribution < -0.4 is 5.32 Å². The summed E-state index contributed by atoms with van der Waals surface area (Å²) < 4.78 is 10.5. The van der Waals surface area contributed by atoms with E-state index in [1.165, 1.54) is 6.92 Å². The maximum Gasteiger partial charge on any atom is 0.407 e. The molecular formula is C25H25NO8. The number of carbonyl (C=O) groups excluding carboxylic acids is 1. The molecule has 0 bridgehead atoms. The molecule has 1 amide bonds. The van der Waals surface area contributed by atoms with Gasteiger partial charge in [-0.25, -0.2) is 9.59 Å². The molecule has 1 aromatic heterocycles. The summed E-state index contributed by atoms with van der Waals surface area (Å²) >= 11 is 0. The van der Waals surface area contributed by atoms with Crippen LogP contribution in [0.4, 0.5) is 4.79 Å². The third kappa shape index (κ3) is 4.54. The van der Waals surface area contributed by atoms with Crippen molar-refractivity contribution in [3.05, 3.63) is 82.8 Å². The highest BCUT2D eigenvalue weighted by Crippen LogP contribution is 2.44. The van der Waals surface area contributed by atoms with Gasteiger partial charge in [0.1, 0.15) is 42.0 Å². The number of carboxylic acids is 1. The summed E-state index contributed by atoms with van der Waals surface area (Å²) in [7, 11) is 0. The molecular weight excluding hydrogens is 442 g/mol. The lowest BCUT2D eigenvalue weighted by molar-refractivity contribution is -0.0664. The number of aliphatic hydroxyl groups is 3. The van der Waals surface area contributed by atoms with Crippen LogP contribution in [-0.2, 0) is 4.74 Å². The van der Waals surface area contributed by atoms with Crippen LogP contribution in [0.1, 0.15) is 45.0 Å². The number of rotatable bonds is 8. The summed E-state index contributed by atoms with van der Waals surface area (Å²) in [5.74, 6) is -1.52. The number of aromatic carboxylic acids is 1. The highest BCUT2D eigenvalue weighted by atomic mass is 16.5. The van der Waals surface area contributed by atoms with E-state index >= 15 is 0 Å². The first kappa shape index (κ1) is 23.5.